The molecular weight excluding hydrogens is 240 g/mol. The van der Waals surface area contributed by atoms with Gasteiger partial charge in [0.05, 0.1) is 17.4 Å². The lowest BCUT2D eigenvalue weighted by Crippen LogP contribution is -2.31. The monoisotopic (exact) mass is 256 g/mol. The largest absolute Gasteiger partial charge is 0.399 e. The average Bonchev–Trinajstić information content (AvgIpc) is 2.30. The number of anilines is 1. The van der Waals surface area contributed by atoms with Crippen LogP contribution in [0.3, 0.4) is 0 Å². The van der Waals surface area contributed by atoms with Gasteiger partial charge in [-0.05, 0) is 24.3 Å². The minimum atomic E-state index is -1.34. The van der Waals surface area contributed by atoms with Gasteiger partial charge in [0.2, 0.25) is 5.91 Å². The molecule has 0 saturated carbocycles. The van der Waals surface area contributed by atoms with Crippen LogP contribution in [-0.2, 0) is 20.3 Å². The lowest BCUT2D eigenvalue weighted by molar-refractivity contribution is -0.118. The molecule has 1 unspecified atom stereocenters. The fourth-order valence-electron chi connectivity index (χ4n) is 1.17. The van der Waals surface area contributed by atoms with Crippen LogP contribution in [0.25, 0.3) is 0 Å². The van der Waals surface area contributed by atoms with Crippen LogP contribution in [0.2, 0.25) is 0 Å². The summed E-state index contributed by atoms with van der Waals surface area (Å²) in [5.41, 5.74) is 6.12. The first kappa shape index (κ1) is 13.7. The van der Waals surface area contributed by atoms with Crippen molar-refractivity contribution < 1.29 is 13.7 Å². The van der Waals surface area contributed by atoms with Gasteiger partial charge >= 0.3 is 0 Å². The Bertz CT molecular complexity index is 392. The summed E-state index contributed by atoms with van der Waals surface area (Å²) in [6.07, 6.45) is 0. The van der Waals surface area contributed by atoms with E-state index in [0.29, 0.717) is 23.7 Å². The highest BCUT2D eigenvalue weighted by atomic mass is 32.2. The molecule has 0 aromatic heterocycles. The highest BCUT2D eigenvalue weighted by Crippen LogP contribution is 2.09. The standard InChI is InChI=1S/C11H16N2O3S/c1-16-7-6-13-11(14)8-17(15)10-4-2-9(12)3-5-10/h2-5H,6-8,12H2,1H3,(H,13,14). The summed E-state index contributed by atoms with van der Waals surface area (Å²) in [5, 5.41) is 2.61. The Labute approximate surface area is 103 Å². The van der Waals surface area contributed by atoms with Gasteiger partial charge < -0.3 is 15.8 Å². The van der Waals surface area contributed by atoms with Gasteiger partial charge in [0.15, 0.2) is 0 Å². The minimum absolute atomic E-state index is 0.0480. The molecule has 0 spiro atoms. The van der Waals surface area contributed by atoms with Crippen LogP contribution >= 0.6 is 0 Å². The second-order valence-corrected chi connectivity index (χ2v) is 4.85. The molecule has 1 aromatic carbocycles. The van der Waals surface area contributed by atoms with Crippen molar-refractivity contribution in [2.24, 2.45) is 0 Å². The van der Waals surface area contributed by atoms with Gasteiger partial charge in [-0.1, -0.05) is 0 Å². The first-order valence-corrected chi connectivity index (χ1v) is 6.45. The van der Waals surface area contributed by atoms with Crippen LogP contribution in [0.15, 0.2) is 29.2 Å². The molecule has 0 aliphatic heterocycles. The minimum Gasteiger partial charge on any atom is -0.399 e. The zero-order valence-corrected chi connectivity index (χ0v) is 10.5. The molecule has 0 bridgehead atoms. The summed E-state index contributed by atoms with van der Waals surface area (Å²) >= 11 is 0. The third-order valence-corrected chi connectivity index (χ3v) is 3.36. The molecule has 3 N–H and O–H groups in total. The molecule has 94 valence electrons. The van der Waals surface area contributed by atoms with Gasteiger partial charge in [0, 0.05) is 24.2 Å². The van der Waals surface area contributed by atoms with Crippen molar-refractivity contribution in [2.45, 2.75) is 4.90 Å². The number of carbonyl (C=O) groups excluding carboxylic acids is 1. The van der Waals surface area contributed by atoms with Crippen molar-refractivity contribution in [3.8, 4) is 0 Å². The van der Waals surface area contributed by atoms with Crippen molar-refractivity contribution in [1.29, 1.82) is 0 Å². The lowest BCUT2D eigenvalue weighted by Gasteiger charge is -2.05. The third-order valence-electron chi connectivity index (χ3n) is 2.03. The van der Waals surface area contributed by atoms with Gasteiger partial charge in [-0.2, -0.15) is 0 Å². The van der Waals surface area contributed by atoms with Crippen molar-refractivity contribution in [3.63, 3.8) is 0 Å². The number of ether oxygens (including phenoxy) is 1. The number of hydrogen-bond acceptors (Lipinski definition) is 4. The molecule has 0 saturated heterocycles. The molecule has 17 heavy (non-hydrogen) atoms. The summed E-state index contributed by atoms with van der Waals surface area (Å²) in [7, 11) is 0.219. The first-order valence-electron chi connectivity index (χ1n) is 5.13. The van der Waals surface area contributed by atoms with E-state index in [4.69, 9.17) is 10.5 Å². The van der Waals surface area contributed by atoms with Crippen molar-refractivity contribution >= 4 is 22.4 Å². The van der Waals surface area contributed by atoms with E-state index in [-0.39, 0.29) is 11.7 Å². The summed E-state index contributed by atoms with van der Waals surface area (Å²) < 4.78 is 16.6. The van der Waals surface area contributed by atoms with Gasteiger partial charge in [-0.25, -0.2) is 0 Å². The third kappa shape index (κ3) is 4.97. The molecule has 1 rings (SSSR count). The van der Waals surface area contributed by atoms with E-state index in [0.717, 1.165) is 0 Å². The Balaban J connectivity index is 2.43. The number of nitrogens with two attached hydrogens (primary N) is 1. The maximum Gasteiger partial charge on any atom is 0.233 e. The van der Waals surface area contributed by atoms with Crippen molar-refractivity contribution in [2.75, 3.05) is 31.7 Å². The molecule has 6 heteroatoms. The fraction of sp³-hybridized carbons (Fsp3) is 0.364. The van der Waals surface area contributed by atoms with Crippen molar-refractivity contribution in [1.82, 2.24) is 5.32 Å². The molecule has 5 nitrogen and oxygen atoms in total. The molecule has 0 aliphatic rings. The number of carbonyl (C=O) groups is 1. The second kappa shape index (κ2) is 7.03. The number of amides is 1. The normalized spacial score (nSPS) is 12.1. The van der Waals surface area contributed by atoms with Crippen LogP contribution in [-0.4, -0.2) is 36.1 Å². The molecular formula is C11H16N2O3S. The van der Waals surface area contributed by atoms with E-state index in [1.54, 1.807) is 31.4 Å². The number of nitrogens with one attached hydrogen (secondary N) is 1. The number of hydrogen-bond donors (Lipinski definition) is 2. The first-order chi connectivity index (χ1) is 8.13. The number of nitrogen functional groups attached to an aromatic ring is 1. The molecule has 0 fully saturated rings. The Morgan fingerprint density at radius 2 is 2.06 bits per heavy atom. The Morgan fingerprint density at radius 3 is 2.65 bits per heavy atom. The summed E-state index contributed by atoms with van der Waals surface area (Å²) in [5.74, 6) is -0.301. The Kier molecular flexibility index (Phi) is 5.65. The summed E-state index contributed by atoms with van der Waals surface area (Å²) in [6.45, 7) is 0.870. The van der Waals surface area contributed by atoms with Gasteiger partial charge in [0.1, 0.15) is 5.75 Å². The topological polar surface area (TPSA) is 81.4 Å². The van der Waals surface area contributed by atoms with Gasteiger partial charge in [0.25, 0.3) is 0 Å². The van der Waals surface area contributed by atoms with Gasteiger partial charge in [-0.15, -0.1) is 0 Å². The van der Waals surface area contributed by atoms with Crippen LogP contribution in [0.5, 0.6) is 0 Å². The van der Waals surface area contributed by atoms with Crippen molar-refractivity contribution in [3.05, 3.63) is 24.3 Å². The van der Waals surface area contributed by atoms with Gasteiger partial charge in [-0.3, -0.25) is 9.00 Å². The van der Waals surface area contributed by atoms with E-state index < -0.39 is 10.8 Å². The molecule has 1 atom stereocenters. The van der Waals surface area contributed by atoms with Crippen LogP contribution in [0.1, 0.15) is 0 Å². The summed E-state index contributed by atoms with van der Waals surface area (Å²) in [6, 6.07) is 6.65. The molecule has 0 heterocycles. The smallest absolute Gasteiger partial charge is 0.233 e. The highest BCUT2D eigenvalue weighted by Gasteiger charge is 2.09. The number of benzene rings is 1. The molecule has 1 aromatic rings. The van der Waals surface area contributed by atoms with E-state index >= 15 is 0 Å². The quantitative estimate of drug-likeness (QED) is 0.560. The van der Waals surface area contributed by atoms with E-state index in [9.17, 15) is 9.00 Å². The zero-order chi connectivity index (χ0) is 12.7. The number of methoxy groups -OCH3 is 1. The van der Waals surface area contributed by atoms with E-state index in [1.807, 2.05) is 0 Å². The maximum absolute atomic E-state index is 11.8. The highest BCUT2D eigenvalue weighted by molar-refractivity contribution is 7.85. The van der Waals surface area contributed by atoms with Crippen LogP contribution in [0.4, 0.5) is 5.69 Å². The average molecular weight is 256 g/mol. The number of rotatable bonds is 6. The Hall–Kier alpha value is -1.40. The Morgan fingerprint density at radius 1 is 1.41 bits per heavy atom. The summed E-state index contributed by atoms with van der Waals surface area (Å²) in [4.78, 5) is 12.0. The predicted octanol–water partition coefficient (Wildman–Crippen LogP) is 0.139. The van der Waals surface area contributed by atoms with E-state index in [1.165, 1.54) is 0 Å². The SMILES string of the molecule is COCCNC(=O)CS(=O)c1ccc(N)cc1. The molecule has 0 aliphatic carbocycles. The maximum atomic E-state index is 11.8. The predicted molar refractivity (Wildman–Crippen MR) is 67.0 cm³/mol. The fourth-order valence-corrected chi connectivity index (χ4v) is 2.11. The lowest BCUT2D eigenvalue weighted by atomic mass is 10.3. The second-order valence-electron chi connectivity index (χ2n) is 3.40. The van der Waals surface area contributed by atoms with E-state index in [2.05, 4.69) is 5.32 Å². The zero-order valence-electron chi connectivity index (χ0n) is 9.64. The molecule has 0 radical (unpaired) electrons. The molecule has 1 amide bonds. The van der Waals surface area contributed by atoms with Crippen LogP contribution < -0.4 is 11.1 Å². The van der Waals surface area contributed by atoms with Crippen LogP contribution in [0, 0.1) is 0 Å².